The van der Waals surface area contributed by atoms with Gasteiger partial charge >= 0.3 is 0 Å². The maximum Gasteiger partial charge on any atom is 0.266 e. The van der Waals surface area contributed by atoms with E-state index in [1.807, 2.05) is 37.3 Å². The number of carbonyl (C=O) groups is 3. The number of rotatable bonds is 5. The highest BCUT2D eigenvalue weighted by Gasteiger charge is 2.38. The van der Waals surface area contributed by atoms with E-state index in [1.54, 1.807) is 30.3 Å². The van der Waals surface area contributed by atoms with E-state index in [-0.39, 0.29) is 23.1 Å². The lowest BCUT2D eigenvalue weighted by atomic mass is 10.0. The van der Waals surface area contributed by atoms with Gasteiger partial charge in [0, 0.05) is 5.56 Å². The molecule has 3 aromatic rings. The second kappa shape index (κ2) is 7.83. The van der Waals surface area contributed by atoms with Gasteiger partial charge in [0.05, 0.1) is 30.0 Å². The average Bonchev–Trinajstić information content (AvgIpc) is 3.03. The van der Waals surface area contributed by atoms with Crippen LogP contribution in [-0.4, -0.2) is 24.8 Å². The zero-order chi connectivity index (χ0) is 21.3. The Bertz CT molecular complexity index is 1140. The normalized spacial score (nSPS) is 13.7. The number of ether oxygens (including phenoxy) is 1. The zero-order valence-corrected chi connectivity index (χ0v) is 16.6. The van der Waals surface area contributed by atoms with Gasteiger partial charge in [0.15, 0.2) is 0 Å². The molecule has 1 N–H and O–H groups in total. The molecule has 0 fully saturated rings. The van der Waals surface area contributed by atoms with Crippen molar-refractivity contribution in [2.45, 2.75) is 13.0 Å². The number of anilines is 1. The molecule has 4 rings (SSSR count). The van der Waals surface area contributed by atoms with Crippen molar-refractivity contribution >= 4 is 23.4 Å². The average molecular weight is 400 g/mol. The molecule has 0 saturated carbocycles. The lowest BCUT2D eigenvalue weighted by Gasteiger charge is -2.16. The molecule has 1 unspecified atom stereocenters. The van der Waals surface area contributed by atoms with Gasteiger partial charge in [-0.3, -0.25) is 14.4 Å². The molecule has 0 saturated heterocycles. The molecule has 0 aromatic heterocycles. The van der Waals surface area contributed by atoms with Crippen molar-refractivity contribution in [2.24, 2.45) is 0 Å². The first-order valence-corrected chi connectivity index (χ1v) is 9.53. The van der Waals surface area contributed by atoms with E-state index < -0.39 is 11.8 Å². The molecule has 6 heteroatoms. The van der Waals surface area contributed by atoms with Crippen molar-refractivity contribution in [3.05, 3.63) is 95.1 Å². The van der Waals surface area contributed by atoms with Crippen molar-refractivity contribution in [3.8, 4) is 5.75 Å². The predicted molar refractivity (Wildman–Crippen MR) is 113 cm³/mol. The SMILES string of the molecule is COc1ccccc1N1C(=O)c2ccc(C(=O)NC(C)c3ccccc3)cc2C1=O. The monoisotopic (exact) mass is 400 g/mol. The summed E-state index contributed by atoms with van der Waals surface area (Å²) in [5.41, 5.74) is 2.12. The summed E-state index contributed by atoms with van der Waals surface area (Å²) in [4.78, 5) is 39.7. The third-order valence-corrected chi connectivity index (χ3v) is 5.12. The molecule has 1 aliphatic rings. The molecule has 150 valence electrons. The number of nitrogens with zero attached hydrogens (tertiary/aromatic N) is 1. The molecular formula is C24H20N2O4. The van der Waals surface area contributed by atoms with E-state index in [0.717, 1.165) is 10.5 Å². The van der Waals surface area contributed by atoms with Gasteiger partial charge in [-0.2, -0.15) is 0 Å². The lowest BCUT2D eigenvalue weighted by Crippen LogP contribution is -2.29. The van der Waals surface area contributed by atoms with Gasteiger partial charge in [0.2, 0.25) is 0 Å². The molecule has 0 bridgehead atoms. The highest BCUT2D eigenvalue weighted by atomic mass is 16.5. The maximum atomic E-state index is 13.0. The molecular weight excluding hydrogens is 380 g/mol. The molecule has 1 aliphatic heterocycles. The third kappa shape index (κ3) is 3.33. The first kappa shape index (κ1) is 19.4. The number of nitrogens with one attached hydrogen (secondary N) is 1. The van der Waals surface area contributed by atoms with Crippen molar-refractivity contribution in [1.82, 2.24) is 5.32 Å². The van der Waals surface area contributed by atoms with Crippen molar-refractivity contribution in [2.75, 3.05) is 12.0 Å². The van der Waals surface area contributed by atoms with E-state index in [9.17, 15) is 14.4 Å². The van der Waals surface area contributed by atoms with E-state index in [4.69, 9.17) is 4.74 Å². The minimum atomic E-state index is -0.481. The van der Waals surface area contributed by atoms with E-state index in [0.29, 0.717) is 17.0 Å². The Labute approximate surface area is 174 Å². The van der Waals surface area contributed by atoms with Crippen LogP contribution >= 0.6 is 0 Å². The summed E-state index contributed by atoms with van der Waals surface area (Å²) in [7, 11) is 1.48. The topological polar surface area (TPSA) is 75.7 Å². The minimum Gasteiger partial charge on any atom is -0.495 e. The Morgan fingerprint density at radius 3 is 2.30 bits per heavy atom. The van der Waals surface area contributed by atoms with Gasteiger partial charge in [-0.15, -0.1) is 0 Å². The molecule has 0 spiro atoms. The number of imide groups is 1. The van der Waals surface area contributed by atoms with Crippen LogP contribution in [0, 0.1) is 0 Å². The summed E-state index contributed by atoms with van der Waals surface area (Å²) < 4.78 is 5.29. The van der Waals surface area contributed by atoms with E-state index in [1.165, 1.54) is 19.2 Å². The number of hydrogen-bond donors (Lipinski definition) is 1. The number of methoxy groups -OCH3 is 1. The van der Waals surface area contributed by atoms with Crippen molar-refractivity contribution < 1.29 is 19.1 Å². The van der Waals surface area contributed by atoms with Gasteiger partial charge in [-0.1, -0.05) is 42.5 Å². The fourth-order valence-corrected chi connectivity index (χ4v) is 3.52. The van der Waals surface area contributed by atoms with E-state index in [2.05, 4.69) is 5.32 Å². The van der Waals surface area contributed by atoms with Crippen molar-refractivity contribution in [3.63, 3.8) is 0 Å². The van der Waals surface area contributed by atoms with Gasteiger partial charge < -0.3 is 10.1 Å². The molecule has 6 nitrogen and oxygen atoms in total. The van der Waals surface area contributed by atoms with Gasteiger partial charge in [-0.25, -0.2) is 4.90 Å². The van der Waals surface area contributed by atoms with Crippen LogP contribution in [0.4, 0.5) is 5.69 Å². The van der Waals surface area contributed by atoms with Crippen LogP contribution in [0.3, 0.4) is 0 Å². The number of para-hydroxylation sites is 2. The van der Waals surface area contributed by atoms with Crippen LogP contribution in [0.25, 0.3) is 0 Å². The molecule has 0 aliphatic carbocycles. The van der Waals surface area contributed by atoms with Crippen molar-refractivity contribution in [1.29, 1.82) is 0 Å². The van der Waals surface area contributed by atoms with Crippen LogP contribution < -0.4 is 15.0 Å². The minimum absolute atomic E-state index is 0.200. The van der Waals surface area contributed by atoms with Crippen LogP contribution in [0.15, 0.2) is 72.8 Å². The second-order valence-electron chi connectivity index (χ2n) is 6.98. The summed E-state index contributed by atoms with van der Waals surface area (Å²) >= 11 is 0. The molecule has 1 atom stereocenters. The highest BCUT2D eigenvalue weighted by molar-refractivity contribution is 6.35. The zero-order valence-electron chi connectivity index (χ0n) is 16.6. The lowest BCUT2D eigenvalue weighted by molar-refractivity contribution is 0.0921. The Morgan fingerprint density at radius 2 is 1.57 bits per heavy atom. The number of benzene rings is 3. The van der Waals surface area contributed by atoms with Crippen LogP contribution in [-0.2, 0) is 0 Å². The summed E-state index contributed by atoms with van der Waals surface area (Å²) in [6, 6.07) is 20.8. The summed E-state index contributed by atoms with van der Waals surface area (Å²) in [5, 5.41) is 2.92. The number of hydrogen-bond acceptors (Lipinski definition) is 4. The fourth-order valence-electron chi connectivity index (χ4n) is 3.52. The Hall–Kier alpha value is -3.93. The third-order valence-electron chi connectivity index (χ3n) is 5.12. The molecule has 3 aromatic carbocycles. The smallest absolute Gasteiger partial charge is 0.266 e. The van der Waals surface area contributed by atoms with Crippen LogP contribution in [0.5, 0.6) is 5.75 Å². The number of fused-ring (bicyclic) bond motifs is 1. The van der Waals surface area contributed by atoms with E-state index >= 15 is 0 Å². The van der Waals surface area contributed by atoms with Gasteiger partial charge in [-0.05, 0) is 42.8 Å². The quantitative estimate of drug-likeness (QED) is 0.657. The Morgan fingerprint density at radius 1 is 0.900 bits per heavy atom. The first-order valence-electron chi connectivity index (χ1n) is 9.53. The highest BCUT2D eigenvalue weighted by Crippen LogP contribution is 2.34. The second-order valence-corrected chi connectivity index (χ2v) is 6.98. The molecule has 30 heavy (non-hydrogen) atoms. The van der Waals surface area contributed by atoms with Crippen LogP contribution in [0.2, 0.25) is 0 Å². The standard InChI is InChI=1S/C24H20N2O4/c1-15(16-8-4-3-5-9-16)25-22(27)17-12-13-18-19(14-17)24(29)26(23(18)28)20-10-6-7-11-21(20)30-2/h3-15H,1-2H3,(H,25,27). The summed E-state index contributed by atoms with van der Waals surface area (Å²) in [5.74, 6) is -0.818. The molecule has 3 amide bonds. The largest absolute Gasteiger partial charge is 0.495 e. The maximum absolute atomic E-state index is 13.0. The molecule has 1 heterocycles. The predicted octanol–water partition coefficient (Wildman–Crippen LogP) is 3.99. The van der Waals surface area contributed by atoms with Gasteiger partial charge in [0.25, 0.3) is 17.7 Å². The summed E-state index contributed by atoms with van der Waals surface area (Å²) in [6.07, 6.45) is 0. The Balaban J connectivity index is 1.61. The Kier molecular flexibility index (Phi) is 5.06. The first-order chi connectivity index (χ1) is 14.5. The molecule has 0 radical (unpaired) electrons. The fraction of sp³-hybridized carbons (Fsp3) is 0.125. The van der Waals surface area contributed by atoms with Crippen LogP contribution in [0.1, 0.15) is 49.6 Å². The number of amides is 3. The van der Waals surface area contributed by atoms with Gasteiger partial charge in [0.1, 0.15) is 5.75 Å². The number of carbonyl (C=O) groups excluding carboxylic acids is 3. The summed E-state index contributed by atoms with van der Waals surface area (Å²) in [6.45, 7) is 1.89.